The highest BCUT2D eigenvalue weighted by molar-refractivity contribution is 7.20. The molecule has 5 aromatic rings. The van der Waals surface area contributed by atoms with Gasteiger partial charge in [0.05, 0.1) is 16.6 Å². The van der Waals surface area contributed by atoms with Crippen LogP contribution >= 0.6 is 11.3 Å². The van der Waals surface area contributed by atoms with E-state index in [9.17, 15) is 5.26 Å². The molecule has 0 spiro atoms. The Bertz CT molecular complexity index is 2240. The summed E-state index contributed by atoms with van der Waals surface area (Å²) in [5.41, 5.74) is 10.4. The first-order valence-electron chi connectivity index (χ1n) is 15.4. The number of fused-ring (bicyclic) bond motifs is 7. The minimum Gasteiger partial charge on any atom is -0.311 e. The molecule has 0 radical (unpaired) electrons. The van der Waals surface area contributed by atoms with Crippen molar-refractivity contribution in [2.45, 2.75) is 39.5 Å². The third kappa shape index (κ3) is 3.67. The number of aromatic nitrogens is 1. The molecular formula is C41H32N2S. The van der Waals surface area contributed by atoms with E-state index in [1.54, 1.807) is 0 Å². The maximum absolute atomic E-state index is 10.4. The van der Waals surface area contributed by atoms with Gasteiger partial charge in [-0.25, -0.2) is 0 Å². The van der Waals surface area contributed by atoms with E-state index in [1.807, 2.05) is 17.4 Å². The van der Waals surface area contributed by atoms with Gasteiger partial charge in [-0.1, -0.05) is 86.0 Å². The van der Waals surface area contributed by atoms with Gasteiger partial charge in [-0.2, -0.15) is 5.26 Å². The molecule has 3 heteroatoms. The fourth-order valence-corrected chi connectivity index (χ4v) is 9.22. The Kier molecular flexibility index (Phi) is 5.99. The van der Waals surface area contributed by atoms with Gasteiger partial charge in [-0.15, -0.1) is 17.8 Å². The Morgan fingerprint density at radius 2 is 1.70 bits per heavy atom. The third-order valence-corrected chi connectivity index (χ3v) is 11.2. The van der Waals surface area contributed by atoms with Crippen LogP contribution in [0.4, 0.5) is 0 Å². The number of thiophene rings is 1. The molecule has 2 heterocycles. The summed E-state index contributed by atoms with van der Waals surface area (Å²) in [5, 5.41) is 14.2. The van der Waals surface area contributed by atoms with Crippen molar-refractivity contribution < 1.29 is 0 Å². The molecule has 44 heavy (non-hydrogen) atoms. The largest absolute Gasteiger partial charge is 0.311 e. The Morgan fingerprint density at radius 1 is 0.977 bits per heavy atom. The number of terminal acetylenes is 1. The van der Waals surface area contributed by atoms with Crippen molar-refractivity contribution in [3.63, 3.8) is 0 Å². The molecule has 0 amide bonds. The second-order valence-electron chi connectivity index (χ2n) is 12.6. The summed E-state index contributed by atoms with van der Waals surface area (Å²) in [5.74, 6) is 3.42. The van der Waals surface area contributed by atoms with Gasteiger partial charge in [-0.05, 0) is 78.3 Å². The first-order valence-corrected chi connectivity index (χ1v) is 16.2. The van der Waals surface area contributed by atoms with Crippen LogP contribution < -0.4 is 0 Å². The van der Waals surface area contributed by atoms with Crippen LogP contribution in [0.5, 0.6) is 0 Å². The number of nitriles is 1. The minimum absolute atomic E-state index is 0.0560. The average molecular weight is 585 g/mol. The predicted molar refractivity (Wildman–Crippen MR) is 186 cm³/mol. The van der Waals surface area contributed by atoms with Gasteiger partial charge in [0.15, 0.2) is 0 Å². The van der Waals surface area contributed by atoms with Gasteiger partial charge in [-0.3, -0.25) is 0 Å². The van der Waals surface area contributed by atoms with E-state index in [-0.39, 0.29) is 11.3 Å². The maximum Gasteiger partial charge on any atom is 0.101 e. The second kappa shape index (κ2) is 9.85. The Hall–Kier alpha value is -4.83. The summed E-state index contributed by atoms with van der Waals surface area (Å²) in [6.07, 6.45) is 18.9. The standard InChI is InChI=1S/C41H32N2S/c1-5-12-28-31-22-33-32-21-25(19-20-38(32)44-39(33)23-35(31)41(3,4)34(28)6-2)27-16-11-13-26(24-42)40(27)43-36-17-9-7-14-29(36)30-15-8-10-18-37(30)43/h2,5,7-15,17-21,23,27,31H,16,22H2,1,3-4H3/b12-5-. The highest BCUT2D eigenvalue weighted by atomic mass is 32.1. The van der Waals surface area contributed by atoms with Crippen molar-refractivity contribution in [2.24, 2.45) is 11.3 Å². The summed E-state index contributed by atoms with van der Waals surface area (Å²) >= 11 is 1.89. The number of hydrogen-bond donors (Lipinski definition) is 0. The van der Waals surface area contributed by atoms with Gasteiger partial charge >= 0.3 is 0 Å². The van der Waals surface area contributed by atoms with Crippen molar-refractivity contribution in [1.82, 2.24) is 4.57 Å². The summed E-state index contributed by atoms with van der Waals surface area (Å²) in [4.78, 5) is 1.36. The average Bonchev–Trinajstić information content (AvgIpc) is 3.64. The molecule has 0 aliphatic heterocycles. The van der Waals surface area contributed by atoms with Crippen molar-refractivity contribution in [3.05, 3.63) is 129 Å². The van der Waals surface area contributed by atoms with Crippen molar-refractivity contribution in [3.8, 4) is 18.4 Å². The molecule has 2 nitrogen and oxygen atoms in total. The van der Waals surface area contributed by atoms with Crippen LogP contribution in [-0.2, 0) is 6.42 Å². The Labute approximate surface area is 262 Å². The number of hydrogen-bond acceptors (Lipinski definition) is 2. The summed E-state index contributed by atoms with van der Waals surface area (Å²) in [6, 6.07) is 26.7. The number of para-hydroxylation sites is 2. The predicted octanol–water partition coefficient (Wildman–Crippen LogP) is 10.6. The zero-order valence-electron chi connectivity index (χ0n) is 25.2. The van der Waals surface area contributed by atoms with Crippen molar-refractivity contribution in [2.75, 3.05) is 0 Å². The molecule has 3 aromatic carbocycles. The number of benzene rings is 3. The first-order chi connectivity index (χ1) is 21.5. The normalized spacial score (nSPS) is 20.8. The fourth-order valence-electron chi connectivity index (χ4n) is 8.05. The molecule has 0 saturated heterocycles. The quantitative estimate of drug-likeness (QED) is 0.194. The van der Waals surface area contributed by atoms with Crippen LogP contribution in [-0.4, -0.2) is 4.57 Å². The maximum atomic E-state index is 10.4. The van der Waals surface area contributed by atoms with Gasteiger partial charge in [0.25, 0.3) is 0 Å². The monoisotopic (exact) mass is 584 g/mol. The zero-order valence-corrected chi connectivity index (χ0v) is 26.0. The van der Waals surface area contributed by atoms with Gasteiger partial charge in [0.1, 0.15) is 6.07 Å². The van der Waals surface area contributed by atoms with E-state index in [4.69, 9.17) is 6.42 Å². The molecule has 2 aromatic heterocycles. The van der Waals surface area contributed by atoms with E-state index in [2.05, 4.69) is 128 Å². The fraction of sp³-hybridized carbons (Fsp3) is 0.195. The van der Waals surface area contributed by atoms with Crippen LogP contribution in [0.1, 0.15) is 49.1 Å². The van der Waals surface area contributed by atoms with Crippen LogP contribution in [0.3, 0.4) is 0 Å². The number of nitrogens with zero attached hydrogens (tertiary/aromatic N) is 2. The Morgan fingerprint density at radius 3 is 2.39 bits per heavy atom. The Balaban J connectivity index is 1.30. The molecule has 2 unspecified atom stereocenters. The molecule has 3 aliphatic rings. The lowest BCUT2D eigenvalue weighted by Gasteiger charge is -2.28. The van der Waals surface area contributed by atoms with Gasteiger partial charge < -0.3 is 4.57 Å². The van der Waals surface area contributed by atoms with Crippen LogP contribution in [0.15, 0.2) is 113 Å². The molecule has 0 saturated carbocycles. The molecule has 8 rings (SSSR count). The SMILES string of the molecule is C#CC1=C(/C=C\C)C2Cc3c(sc4ccc(C5CC=CC(C#N)=C5n5c6ccccc6c6ccccc65)cc34)C=C2C1(C)C. The summed E-state index contributed by atoms with van der Waals surface area (Å²) in [7, 11) is 0. The van der Waals surface area contributed by atoms with Crippen LogP contribution in [0, 0.1) is 35.0 Å². The molecular weight excluding hydrogens is 553 g/mol. The van der Waals surface area contributed by atoms with E-state index in [0.717, 1.165) is 40.7 Å². The highest BCUT2D eigenvalue weighted by Gasteiger charge is 2.44. The number of rotatable bonds is 3. The topological polar surface area (TPSA) is 28.7 Å². The lowest BCUT2D eigenvalue weighted by molar-refractivity contribution is 0.534. The third-order valence-electron chi connectivity index (χ3n) is 10.0. The van der Waals surface area contributed by atoms with Crippen LogP contribution in [0.25, 0.3) is 43.7 Å². The molecule has 3 aliphatic carbocycles. The molecule has 0 bridgehead atoms. The van der Waals surface area contributed by atoms with Crippen molar-refractivity contribution >= 4 is 55.0 Å². The van der Waals surface area contributed by atoms with Crippen LogP contribution in [0.2, 0.25) is 0 Å². The summed E-state index contributed by atoms with van der Waals surface area (Å²) in [6.45, 7) is 6.63. The number of allylic oxidation sites excluding steroid dienone is 9. The van der Waals surface area contributed by atoms with E-state index < -0.39 is 0 Å². The zero-order chi connectivity index (χ0) is 30.2. The smallest absolute Gasteiger partial charge is 0.101 e. The molecule has 0 N–H and O–H groups in total. The van der Waals surface area contributed by atoms with E-state index >= 15 is 0 Å². The van der Waals surface area contributed by atoms with E-state index in [0.29, 0.717) is 5.92 Å². The van der Waals surface area contributed by atoms with Gasteiger partial charge in [0.2, 0.25) is 0 Å². The van der Waals surface area contributed by atoms with Crippen molar-refractivity contribution in [1.29, 1.82) is 5.26 Å². The first kappa shape index (κ1) is 26.8. The van der Waals surface area contributed by atoms with Gasteiger partial charge in [0, 0.05) is 48.9 Å². The minimum atomic E-state index is -0.141. The summed E-state index contributed by atoms with van der Waals surface area (Å²) < 4.78 is 3.66. The lowest BCUT2D eigenvalue weighted by Crippen LogP contribution is -2.18. The van der Waals surface area contributed by atoms with E-state index in [1.165, 1.54) is 48.0 Å². The lowest BCUT2D eigenvalue weighted by atomic mass is 9.75. The second-order valence-corrected chi connectivity index (χ2v) is 13.7. The molecule has 0 fully saturated rings. The molecule has 2 atom stereocenters. The highest BCUT2D eigenvalue weighted by Crippen LogP contribution is 2.56. The molecule has 212 valence electrons.